The molecule has 7 nitrogen and oxygen atoms in total. The van der Waals surface area contributed by atoms with Crippen LogP contribution in [0.3, 0.4) is 0 Å². The number of methoxy groups -OCH3 is 1. The molecule has 0 radical (unpaired) electrons. The predicted molar refractivity (Wildman–Crippen MR) is 107 cm³/mol. The van der Waals surface area contributed by atoms with Crippen LogP contribution in [0.4, 0.5) is 10.1 Å². The second kappa shape index (κ2) is 7.82. The summed E-state index contributed by atoms with van der Waals surface area (Å²) in [6.45, 7) is 0.721. The van der Waals surface area contributed by atoms with E-state index in [1.54, 1.807) is 12.1 Å². The molecule has 0 atom stereocenters. The fourth-order valence-electron chi connectivity index (χ4n) is 3.41. The highest BCUT2D eigenvalue weighted by Gasteiger charge is 2.20. The van der Waals surface area contributed by atoms with Crippen molar-refractivity contribution in [3.8, 4) is 17.1 Å². The molecule has 2 heterocycles. The van der Waals surface area contributed by atoms with Gasteiger partial charge in [0.25, 0.3) is 10.0 Å². The van der Waals surface area contributed by atoms with Crippen LogP contribution in [0.5, 0.6) is 5.75 Å². The van der Waals surface area contributed by atoms with Crippen molar-refractivity contribution in [1.82, 2.24) is 14.8 Å². The molecule has 1 aliphatic heterocycles. The van der Waals surface area contributed by atoms with Crippen molar-refractivity contribution in [2.45, 2.75) is 37.1 Å². The van der Waals surface area contributed by atoms with E-state index in [-0.39, 0.29) is 16.1 Å². The highest BCUT2D eigenvalue weighted by molar-refractivity contribution is 7.92. The van der Waals surface area contributed by atoms with Gasteiger partial charge in [-0.25, -0.2) is 12.8 Å². The zero-order valence-electron chi connectivity index (χ0n) is 15.9. The van der Waals surface area contributed by atoms with Gasteiger partial charge >= 0.3 is 0 Å². The number of rotatable bonds is 5. The number of hydrogen-bond acceptors (Lipinski definition) is 5. The summed E-state index contributed by atoms with van der Waals surface area (Å²) in [5.74, 6) is 1.34. The van der Waals surface area contributed by atoms with Crippen molar-refractivity contribution in [1.29, 1.82) is 0 Å². The van der Waals surface area contributed by atoms with Crippen LogP contribution in [0, 0.1) is 5.82 Å². The Hall–Kier alpha value is -2.94. The Morgan fingerprint density at radius 2 is 1.86 bits per heavy atom. The molecule has 0 saturated carbocycles. The molecule has 1 aliphatic rings. The van der Waals surface area contributed by atoms with E-state index in [0.29, 0.717) is 11.6 Å². The number of hydrogen-bond donors (Lipinski definition) is 1. The molecule has 9 heteroatoms. The van der Waals surface area contributed by atoms with E-state index in [2.05, 4.69) is 14.9 Å². The maximum absolute atomic E-state index is 14.6. The lowest BCUT2D eigenvalue weighted by atomic mass is 10.1. The zero-order valence-corrected chi connectivity index (χ0v) is 16.7. The Morgan fingerprint density at radius 3 is 2.62 bits per heavy atom. The second-order valence-corrected chi connectivity index (χ2v) is 8.56. The molecule has 0 spiro atoms. The number of benzene rings is 2. The number of aryl methyl sites for hydroxylation is 1. The molecule has 0 saturated heterocycles. The van der Waals surface area contributed by atoms with Crippen molar-refractivity contribution in [3.63, 3.8) is 0 Å². The van der Waals surface area contributed by atoms with Crippen molar-refractivity contribution in [2.24, 2.45) is 0 Å². The Morgan fingerprint density at radius 1 is 1.07 bits per heavy atom. The van der Waals surface area contributed by atoms with Crippen LogP contribution in [-0.2, 0) is 23.0 Å². The van der Waals surface area contributed by atoms with Crippen LogP contribution in [0.25, 0.3) is 11.4 Å². The minimum absolute atomic E-state index is 0.0838. The minimum Gasteiger partial charge on any atom is -0.497 e. The van der Waals surface area contributed by atoms with Gasteiger partial charge in [-0.2, -0.15) is 0 Å². The lowest BCUT2D eigenvalue weighted by molar-refractivity contribution is 0.414. The van der Waals surface area contributed by atoms with E-state index in [0.717, 1.165) is 38.1 Å². The fourth-order valence-corrected chi connectivity index (χ4v) is 4.46. The summed E-state index contributed by atoms with van der Waals surface area (Å²) in [4.78, 5) is 0.0838. The number of halogens is 1. The van der Waals surface area contributed by atoms with Crippen LogP contribution in [0.2, 0.25) is 0 Å². The average molecular weight is 416 g/mol. The number of fused-ring (bicyclic) bond motifs is 1. The summed E-state index contributed by atoms with van der Waals surface area (Å²) < 4.78 is 49.4. The maximum atomic E-state index is 14.6. The number of nitrogens with zero attached hydrogens (tertiary/aromatic N) is 3. The minimum atomic E-state index is -3.83. The molecule has 152 valence electrons. The number of anilines is 1. The van der Waals surface area contributed by atoms with E-state index >= 15 is 0 Å². The molecule has 1 aromatic heterocycles. The normalized spacial score (nSPS) is 14.1. The van der Waals surface area contributed by atoms with Gasteiger partial charge in [0.15, 0.2) is 5.82 Å². The zero-order chi connectivity index (χ0) is 20.4. The topological polar surface area (TPSA) is 86.1 Å². The predicted octanol–water partition coefficient (Wildman–Crippen LogP) is 3.62. The second-order valence-electron chi connectivity index (χ2n) is 6.88. The quantitative estimate of drug-likeness (QED) is 0.687. The van der Waals surface area contributed by atoms with E-state index in [9.17, 15) is 12.8 Å². The number of sulfonamides is 1. The monoisotopic (exact) mass is 416 g/mol. The highest BCUT2D eigenvalue weighted by atomic mass is 32.2. The summed E-state index contributed by atoms with van der Waals surface area (Å²) in [6, 6.07) is 10.1. The third kappa shape index (κ3) is 3.95. The summed E-state index contributed by atoms with van der Waals surface area (Å²) in [5.41, 5.74) is 0.476. The third-order valence-electron chi connectivity index (χ3n) is 4.94. The van der Waals surface area contributed by atoms with Gasteiger partial charge in [-0.1, -0.05) is 6.42 Å². The molecular formula is C20H21FN4O3S. The standard InChI is InChI=1S/C20H21FN4O3S/c1-28-15-7-9-16(10-8-15)29(26,27)24-14-6-11-18(21)17(13-14)20-23-22-19-5-3-2-4-12-25(19)20/h6-11,13,24H,2-5,12H2,1H3. The van der Waals surface area contributed by atoms with E-state index in [4.69, 9.17) is 4.74 Å². The van der Waals surface area contributed by atoms with Crippen LogP contribution in [0.15, 0.2) is 47.4 Å². The number of aromatic nitrogens is 3. The molecule has 3 aromatic rings. The fraction of sp³-hybridized carbons (Fsp3) is 0.300. The Kier molecular flexibility index (Phi) is 5.23. The third-order valence-corrected chi connectivity index (χ3v) is 6.34. The first kappa shape index (κ1) is 19.4. The van der Waals surface area contributed by atoms with E-state index in [1.807, 2.05) is 4.57 Å². The van der Waals surface area contributed by atoms with Crippen LogP contribution in [-0.4, -0.2) is 30.3 Å². The number of nitrogens with one attached hydrogen (secondary N) is 1. The van der Waals surface area contributed by atoms with E-state index < -0.39 is 15.8 Å². The maximum Gasteiger partial charge on any atom is 0.261 e. The van der Waals surface area contributed by atoms with Gasteiger partial charge in [-0.05, 0) is 55.3 Å². The number of ether oxygens (including phenoxy) is 1. The van der Waals surface area contributed by atoms with Gasteiger partial charge in [0.1, 0.15) is 17.4 Å². The van der Waals surface area contributed by atoms with Crippen molar-refractivity contribution >= 4 is 15.7 Å². The van der Waals surface area contributed by atoms with Crippen LogP contribution >= 0.6 is 0 Å². The molecule has 4 rings (SSSR count). The SMILES string of the molecule is COc1ccc(S(=O)(=O)Nc2ccc(F)c(-c3nnc4n3CCCCC4)c2)cc1. The molecule has 0 aliphatic carbocycles. The Balaban J connectivity index is 1.66. The molecule has 0 unspecified atom stereocenters. The van der Waals surface area contributed by atoms with E-state index in [1.165, 1.54) is 37.4 Å². The molecule has 1 N–H and O–H groups in total. The average Bonchev–Trinajstić information content (AvgIpc) is 2.97. The van der Waals surface area contributed by atoms with Gasteiger partial charge < -0.3 is 9.30 Å². The van der Waals surface area contributed by atoms with Crippen LogP contribution in [0.1, 0.15) is 25.1 Å². The molecule has 0 fully saturated rings. The van der Waals surface area contributed by atoms with Gasteiger partial charge in [0.05, 0.1) is 17.6 Å². The first-order valence-corrected chi connectivity index (χ1v) is 10.8. The first-order valence-electron chi connectivity index (χ1n) is 9.37. The van der Waals surface area contributed by atoms with Crippen molar-refractivity contribution in [2.75, 3.05) is 11.8 Å². The summed E-state index contributed by atoms with van der Waals surface area (Å²) in [5, 5.41) is 8.37. The lowest BCUT2D eigenvalue weighted by Crippen LogP contribution is -2.13. The summed E-state index contributed by atoms with van der Waals surface area (Å²) >= 11 is 0. The molecule has 0 amide bonds. The summed E-state index contributed by atoms with van der Waals surface area (Å²) in [6.07, 6.45) is 3.90. The van der Waals surface area contributed by atoms with Crippen molar-refractivity contribution < 1.29 is 17.5 Å². The van der Waals surface area contributed by atoms with Gasteiger partial charge in [0, 0.05) is 18.7 Å². The first-order chi connectivity index (χ1) is 14.0. The molecule has 0 bridgehead atoms. The molecule has 29 heavy (non-hydrogen) atoms. The molecular weight excluding hydrogens is 395 g/mol. The highest BCUT2D eigenvalue weighted by Crippen LogP contribution is 2.28. The van der Waals surface area contributed by atoms with Crippen molar-refractivity contribution in [3.05, 3.63) is 54.1 Å². The van der Waals surface area contributed by atoms with Gasteiger partial charge in [0.2, 0.25) is 0 Å². The summed E-state index contributed by atoms with van der Waals surface area (Å²) in [7, 11) is -2.32. The Labute approximate surface area is 168 Å². The largest absolute Gasteiger partial charge is 0.497 e. The van der Waals surface area contributed by atoms with Crippen LogP contribution < -0.4 is 9.46 Å². The Bertz CT molecular complexity index is 1130. The molecule has 2 aromatic carbocycles. The van der Waals surface area contributed by atoms with Gasteiger partial charge in [-0.3, -0.25) is 4.72 Å². The smallest absolute Gasteiger partial charge is 0.261 e. The lowest BCUT2D eigenvalue weighted by Gasteiger charge is -2.12. The van der Waals surface area contributed by atoms with Gasteiger partial charge in [-0.15, -0.1) is 10.2 Å².